The van der Waals surface area contributed by atoms with Crippen LogP contribution in [0.3, 0.4) is 0 Å². The molecule has 0 radical (unpaired) electrons. The Morgan fingerprint density at radius 2 is 2.03 bits per heavy atom. The average molecular weight is 415 g/mol. The second-order valence-corrected chi connectivity index (χ2v) is 8.11. The molecule has 1 N–H and O–H groups in total. The molecule has 5 nitrogen and oxygen atoms in total. The van der Waals surface area contributed by atoms with Crippen LogP contribution >= 0.6 is 11.6 Å². The molecule has 0 saturated carbocycles. The molecule has 2 aromatic rings. The van der Waals surface area contributed by atoms with Crippen molar-refractivity contribution in [1.82, 2.24) is 5.32 Å². The zero-order valence-electron chi connectivity index (χ0n) is 17.3. The molecule has 0 aromatic heterocycles. The first kappa shape index (κ1) is 21.2. The van der Waals surface area contributed by atoms with E-state index in [1.54, 1.807) is 17.0 Å². The van der Waals surface area contributed by atoms with Gasteiger partial charge in [-0.3, -0.25) is 9.59 Å². The summed E-state index contributed by atoms with van der Waals surface area (Å²) in [5, 5.41) is 3.23. The smallest absolute Gasteiger partial charge is 0.254 e. The molecule has 0 bridgehead atoms. The summed E-state index contributed by atoms with van der Waals surface area (Å²) < 4.78 is 6.04. The summed E-state index contributed by atoms with van der Waals surface area (Å²) in [7, 11) is 0. The second-order valence-electron chi connectivity index (χ2n) is 7.70. The molecule has 0 fully saturated rings. The largest absolute Gasteiger partial charge is 0.493 e. The van der Waals surface area contributed by atoms with E-state index < -0.39 is 6.04 Å². The highest BCUT2D eigenvalue weighted by Crippen LogP contribution is 2.41. The third-order valence-corrected chi connectivity index (χ3v) is 5.34. The molecule has 2 aromatic carbocycles. The topological polar surface area (TPSA) is 58.6 Å². The SMILES string of the molecule is CC(=O)N[C@H]1C(=O)N(CCCOc2cc(C)ccc2C(C)C)c2c(Cl)cccc21. The van der Waals surface area contributed by atoms with Crippen LogP contribution < -0.4 is 15.0 Å². The van der Waals surface area contributed by atoms with Gasteiger partial charge in [-0.1, -0.05) is 49.7 Å². The zero-order chi connectivity index (χ0) is 21.1. The van der Waals surface area contributed by atoms with Crippen LogP contribution in [0.15, 0.2) is 36.4 Å². The maximum Gasteiger partial charge on any atom is 0.254 e. The lowest BCUT2D eigenvalue weighted by Crippen LogP contribution is -2.37. The third kappa shape index (κ3) is 4.56. The first-order chi connectivity index (χ1) is 13.8. The highest BCUT2D eigenvalue weighted by Gasteiger charge is 2.38. The lowest BCUT2D eigenvalue weighted by atomic mass is 10.0. The van der Waals surface area contributed by atoms with Crippen molar-refractivity contribution in [2.24, 2.45) is 0 Å². The van der Waals surface area contributed by atoms with E-state index in [9.17, 15) is 9.59 Å². The zero-order valence-corrected chi connectivity index (χ0v) is 18.0. The summed E-state index contributed by atoms with van der Waals surface area (Å²) in [5.41, 5.74) is 3.74. The molecule has 1 heterocycles. The monoisotopic (exact) mass is 414 g/mol. The summed E-state index contributed by atoms with van der Waals surface area (Å²) in [6, 6.07) is 10.9. The number of aryl methyl sites for hydroxylation is 1. The van der Waals surface area contributed by atoms with E-state index >= 15 is 0 Å². The Morgan fingerprint density at radius 3 is 2.72 bits per heavy atom. The van der Waals surface area contributed by atoms with Gasteiger partial charge in [0.15, 0.2) is 0 Å². The predicted octanol–water partition coefficient (Wildman–Crippen LogP) is 4.76. The van der Waals surface area contributed by atoms with Gasteiger partial charge >= 0.3 is 0 Å². The minimum atomic E-state index is -0.688. The average Bonchev–Trinajstić information content (AvgIpc) is 2.91. The molecule has 0 spiro atoms. The number of anilines is 1. The van der Waals surface area contributed by atoms with E-state index in [1.165, 1.54) is 12.5 Å². The Balaban J connectivity index is 1.70. The lowest BCUT2D eigenvalue weighted by Gasteiger charge is -2.20. The van der Waals surface area contributed by atoms with Gasteiger partial charge in [0.05, 0.1) is 17.3 Å². The number of para-hydroxylation sites is 1. The van der Waals surface area contributed by atoms with Gasteiger partial charge in [-0.25, -0.2) is 0 Å². The van der Waals surface area contributed by atoms with Crippen LogP contribution in [0, 0.1) is 6.92 Å². The number of benzene rings is 2. The summed E-state index contributed by atoms with van der Waals surface area (Å²) >= 11 is 6.38. The highest BCUT2D eigenvalue weighted by atomic mass is 35.5. The van der Waals surface area contributed by atoms with Crippen LogP contribution in [0.5, 0.6) is 5.75 Å². The Labute approximate surface area is 177 Å². The van der Waals surface area contributed by atoms with Crippen LogP contribution in [0.1, 0.15) is 55.8 Å². The molecule has 0 unspecified atom stereocenters. The van der Waals surface area contributed by atoms with Crippen molar-refractivity contribution in [3.8, 4) is 5.75 Å². The minimum absolute atomic E-state index is 0.165. The molecular formula is C23H27ClN2O3. The molecule has 1 aliphatic heterocycles. The number of carbonyl (C=O) groups excluding carboxylic acids is 2. The van der Waals surface area contributed by atoms with Crippen molar-refractivity contribution >= 4 is 29.1 Å². The molecule has 2 amide bonds. The van der Waals surface area contributed by atoms with Crippen LogP contribution in [-0.2, 0) is 9.59 Å². The Hall–Kier alpha value is -2.53. The molecule has 0 saturated heterocycles. The number of amides is 2. The van der Waals surface area contributed by atoms with Crippen LogP contribution in [-0.4, -0.2) is 25.0 Å². The molecule has 0 aliphatic carbocycles. The second kappa shape index (κ2) is 8.87. The molecule has 1 aliphatic rings. The maximum absolute atomic E-state index is 12.9. The van der Waals surface area contributed by atoms with Gasteiger partial charge in [-0.15, -0.1) is 0 Å². The van der Waals surface area contributed by atoms with Gasteiger partial charge in [0.25, 0.3) is 5.91 Å². The quantitative estimate of drug-likeness (QED) is 0.664. The Morgan fingerprint density at radius 1 is 1.28 bits per heavy atom. The number of ether oxygens (including phenoxy) is 1. The molecule has 29 heavy (non-hydrogen) atoms. The van der Waals surface area contributed by atoms with Crippen molar-refractivity contribution in [1.29, 1.82) is 0 Å². The maximum atomic E-state index is 12.9. The number of fused-ring (bicyclic) bond motifs is 1. The molecule has 1 atom stereocenters. The fourth-order valence-corrected chi connectivity index (χ4v) is 3.95. The van der Waals surface area contributed by atoms with Crippen LogP contribution in [0.25, 0.3) is 0 Å². The van der Waals surface area contributed by atoms with Crippen molar-refractivity contribution in [2.45, 2.75) is 46.1 Å². The molecule has 6 heteroatoms. The van der Waals surface area contributed by atoms with Crippen molar-refractivity contribution in [3.63, 3.8) is 0 Å². The first-order valence-electron chi connectivity index (χ1n) is 9.89. The number of halogens is 1. The van der Waals surface area contributed by atoms with E-state index in [2.05, 4.69) is 37.4 Å². The minimum Gasteiger partial charge on any atom is -0.493 e. The molecule has 3 rings (SSSR count). The van der Waals surface area contributed by atoms with E-state index in [0.29, 0.717) is 36.2 Å². The number of rotatable bonds is 7. The van der Waals surface area contributed by atoms with Gasteiger partial charge in [0.1, 0.15) is 11.8 Å². The Kier molecular flexibility index (Phi) is 6.48. The van der Waals surface area contributed by atoms with Gasteiger partial charge in [0, 0.05) is 19.0 Å². The van der Waals surface area contributed by atoms with Gasteiger partial charge in [-0.2, -0.15) is 0 Å². The van der Waals surface area contributed by atoms with Crippen LogP contribution in [0.2, 0.25) is 5.02 Å². The van der Waals surface area contributed by atoms with E-state index in [-0.39, 0.29) is 11.8 Å². The van der Waals surface area contributed by atoms with Crippen LogP contribution in [0.4, 0.5) is 5.69 Å². The standard InChI is InChI=1S/C23H27ClN2O3/c1-14(2)17-10-9-15(3)13-20(17)29-12-6-11-26-22-18(7-5-8-19(22)24)21(23(26)28)25-16(4)27/h5,7-10,13-14,21H,6,11-12H2,1-4H3,(H,25,27)/t21-/m1/s1. The van der Waals surface area contributed by atoms with Crippen molar-refractivity contribution < 1.29 is 14.3 Å². The van der Waals surface area contributed by atoms with E-state index in [4.69, 9.17) is 16.3 Å². The van der Waals surface area contributed by atoms with Gasteiger partial charge < -0.3 is 15.0 Å². The summed E-state index contributed by atoms with van der Waals surface area (Å²) in [5.74, 6) is 0.846. The fourth-order valence-electron chi connectivity index (χ4n) is 3.66. The normalized spacial score (nSPS) is 15.6. The molecule has 154 valence electrons. The number of carbonyl (C=O) groups is 2. The fraction of sp³-hybridized carbons (Fsp3) is 0.391. The first-order valence-corrected chi connectivity index (χ1v) is 10.3. The number of nitrogens with zero attached hydrogens (tertiary/aromatic N) is 1. The van der Waals surface area contributed by atoms with E-state index in [0.717, 1.165) is 16.9 Å². The summed E-state index contributed by atoms with van der Waals surface area (Å²) in [6.07, 6.45) is 0.647. The van der Waals surface area contributed by atoms with Gasteiger partial charge in [0.2, 0.25) is 5.91 Å². The number of hydrogen-bond donors (Lipinski definition) is 1. The lowest BCUT2D eigenvalue weighted by molar-refractivity contribution is -0.126. The van der Waals surface area contributed by atoms with Gasteiger partial charge in [-0.05, 0) is 42.5 Å². The number of nitrogens with one attached hydrogen (secondary N) is 1. The Bertz CT molecular complexity index is 926. The summed E-state index contributed by atoms with van der Waals surface area (Å²) in [6.45, 7) is 8.68. The number of hydrogen-bond acceptors (Lipinski definition) is 3. The highest BCUT2D eigenvalue weighted by molar-refractivity contribution is 6.34. The van der Waals surface area contributed by atoms with Crippen molar-refractivity contribution in [3.05, 3.63) is 58.1 Å². The van der Waals surface area contributed by atoms with E-state index in [1.807, 2.05) is 13.0 Å². The predicted molar refractivity (Wildman–Crippen MR) is 116 cm³/mol. The van der Waals surface area contributed by atoms with Crippen molar-refractivity contribution in [2.75, 3.05) is 18.1 Å². The molecular weight excluding hydrogens is 388 g/mol. The summed E-state index contributed by atoms with van der Waals surface area (Å²) in [4.78, 5) is 26.1. The third-order valence-electron chi connectivity index (χ3n) is 5.03.